The number of anilines is 1. The summed E-state index contributed by atoms with van der Waals surface area (Å²) in [4.78, 5) is 41.3. The predicted molar refractivity (Wildman–Crippen MR) is 91.0 cm³/mol. The van der Waals surface area contributed by atoms with E-state index in [4.69, 9.17) is 0 Å². The number of pyridine rings is 1. The lowest BCUT2D eigenvalue weighted by molar-refractivity contribution is -0.385. The van der Waals surface area contributed by atoms with Crippen LogP contribution >= 0.6 is 0 Å². The molecule has 2 aliphatic rings. The van der Waals surface area contributed by atoms with Crippen LogP contribution in [0.1, 0.15) is 44.2 Å². The number of carbonyl (C=O) groups excluding carboxylic acids is 2. The molecule has 0 spiro atoms. The van der Waals surface area contributed by atoms with Gasteiger partial charge in [-0.1, -0.05) is 12.8 Å². The van der Waals surface area contributed by atoms with E-state index in [1.54, 1.807) is 4.90 Å². The number of aromatic nitrogens is 1. The monoisotopic (exact) mass is 346 g/mol. The van der Waals surface area contributed by atoms with Crippen LogP contribution in [0.15, 0.2) is 12.1 Å². The maximum absolute atomic E-state index is 12.6. The third-order valence-corrected chi connectivity index (χ3v) is 5.05. The zero-order chi connectivity index (χ0) is 18.0. The molecule has 2 fully saturated rings. The fourth-order valence-electron chi connectivity index (χ4n) is 3.74. The molecule has 134 valence electrons. The molecule has 0 bridgehead atoms. The third-order valence-electron chi connectivity index (χ3n) is 5.05. The van der Waals surface area contributed by atoms with Gasteiger partial charge in [0.2, 0.25) is 11.8 Å². The highest BCUT2D eigenvalue weighted by atomic mass is 16.6. The zero-order valence-corrected chi connectivity index (χ0v) is 14.2. The molecular weight excluding hydrogens is 324 g/mol. The minimum atomic E-state index is -0.507. The van der Waals surface area contributed by atoms with Crippen molar-refractivity contribution in [2.75, 3.05) is 11.9 Å². The number of hydrogen-bond acceptors (Lipinski definition) is 5. The Hall–Kier alpha value is -2.51. The van der Waals surface area contributed by atoms with E-state index in [-0.39, 0.29) is 34.9 Å². The summed E-state index contributed by atoms with van der Waals surface area (Å²) in [6.07, 6.45) is 5.42. The molecule has 3 rings (SSSR count). The van der Waals surface area contributed by atoms with Gasteiger partial charge in [0.05, 0.1) is 4.92 Å². The highest BCUT2D eigenvalue weighted by Crippen LogP contribution is 2.30. The average Bonchev–Trinajstić information content (AvgIpc) is 3.25. The summed E-state index contributed by atoms with van der Waals surface area (Å²) in [6, 6.07) is 2.26. The van der Waals surface area contributed by atoms with Gasteiger partial charge in [0, 0.05) is 18.5 Å². The molecule has 1 atom stereocenters. The molecule has 2 amide bonds. The van der Waals surface area contributed by atoms with Gasteiger partial charge in [0.1, 0.15) is 17.6 Å². The third kappa shape index (κ3) is 3.62. The summed E-state index contributed by atoms with van der Waals surface area (Å²) in [5.41, 5.74) is 0.157. The Kier molecular flexibility index (Phi) is 4.96. The van der Waals surface area contributed by atoms with Crippen LogP contribution in [0.25, 0.3) is 0 Å². The van der Waals surface area contributed by atoms with Crippen molar-refractivity contribution < 1.29 is 14.5 Å². The molecule has 1 unspecified atom stereocenters. The van der Waals surface area contributed by atoms with Crippen LogP contribution in [-0.4, -0.2) is 39.2 Å². The lowest BCUT2D eigenvalue weighted by atomic mass is 10.1. The maximum atomic E-state index is 12.6. The summed E-state index contributed by atoms with van der Waals surface area (Å²) in [7, 11) is 0. The number of likely N-dealkylation sites (tertiary alicyclic amines) is 1. The fraction of sp³-hybridized carbons (Fsp3) is 0.588. The molecule has 8 nitrogen and oxygen atoms in total. The van der Waals surface area contributed by atoms with Crippen molar-refractivity contribution in [2.24, 2.45) is 5.92 Å². The summed E-state index contributed by atoms with van der Waals surface area (Å²) in [6.45, 7) is 2.14. The fourth-order valence-corrected chi connectivity index (χ4v) is 3.74. The van der Waals surface area contributed by atoms with Gasteiger partial charge < -0.3 is 10.2 Å². The number of aryl methyl sites for hydroxylation is 1. The molecule has 1 saturated heterocycles. The topological polar surface area (TPSA) is 105 Å². The smallest absolute Gasteiger partial charge is 0.290 e. The normalized spacial score (nSPS) is 20.7. The number of nitrogens with zero attached hydrogens (tertiary/aromatic N) is 3. The van der Waals surface area contributed by atoms with Gasteiger partial charge in [0.15, 0.2) is 0 Å². The summed E-state index contributed by atoms with van der Waals surface area (Å²) in [5.74, 6) is 0.133. The number of nitrogens with one attached hydrogen (secondary N) is 1. The highest BCUT2D eigenvalue weighted by molar-refractivity contribution is 5.97. The Labute approximate surface area is 145 Å². The van der Waals surface area contributed by atoms with Gasteiger partial charge in [-0.3, -0.25) is 19.7 Å². The molecule has 25 heavy (non-hydrogen) atoms. The first-order valence-corrected chi connectivity index (χ1v) is 8.71. The molecule has 1 N–H and O–H groups in total. The van der Waals surface area contributed by atoms with E-state index in [2.05, 4.69) is 10.3 Å². The number of hydrogen-bond donors (Lipinski definition) is 1. The number of carbonyl (C=O) groups is 2. The second kappa shape index (κ2) is 7.16. The minimum Gasteiger partial charge on any atom is -0.330 e. The van der Waals surface area contributed by atoms with Gasteiger partial charge >= 0.3 is 0 Å². The summed E-state index contributed by atoms with van der Waals surface area (Å²) in [5, 5.41) is 13.5. The first-order chi connectivity index (χ1) is 12.0. The number of rotatable bonds is 4. The summed E-state index contributed by atoms with van der Waals surface area (Å²) < 4.78 is 0. The Bertz CT molecular complexity index is 700. The first kappa shape index (κ1) is 17.3. The molecule has 1 aliphatic heterocycles. The molecule has 1 saturated carbocycles. The van der Waals surface area contributed by atoms with Crippen molar-refractivity contribution in [3.05, 3.63) is 27.9 Å². The Morgan fingerprint density at radius 3 is 2.60 bits per heavy atom. The molecule has 1 aromatic rings. The standard InChI is InChI=1S/C17H22N4O4/c1-11-13(21(24)25)8-9-15(18-11)19-16(22)14-7-4-10-20(14)17(23)12-5-2-3-6-12/h8-9,12,14H,2-7,10H2,1H3,(H,18,19,22). The Morgan fingerprint density at radius 2 is 1.96 bits per heavy atom. The van der Waals surface area contributed by atoms with E-state index in [9.17, 15) is 19.7 Å². The van der Waals surface area contributed by atoms with Crippen LogP contribution in [0.3, 0.4) is 0 Å². The van der Waals surface area contributed by atoms with Crippen LogP contribution in [0.4, 0.5) is 11.5 Å². The summed E-state index contributed by atoms with van der Waals surface area (Å²) >= 11 is 0. The van der Waals surface area contributed by atoms with Crippen molar-refractivity contribution in [3.63, 3.8) is 0 Å². The highest BCUT2D eigenvalue weighted by Gasteiger charge is 2.37. The first-order valence-electron chi connectivity index (χ1n) is 8.71. The van der Waals surface area contributed by atoms with Crippen molar-refractivity contribution in [1.82, 2.24) is 9.88 Å². The van der Waals surface area contributed by atoms with Crippen LogP contribution in [-0.2, 0) is 9.59 Å². The lowest BCUT2D eigenvalue weighted by Crippen LogP contribution is -2.45. The van der Waals surface area contributed by atoms with E-state index in [0.717, 1.165) is 32.1 Å². The average molecular weight is 346 g/mol. The van der Waals surface area contributed by atoms with E-state index in [1.165, 1.54) is 19.1 Å². The van der Waals surface area contributed by atoms with Gasteiger partial charge in [-0.05, 0) is 38.7 Å². The number of nitro groups is 1. The molecule has 0 aromatic carbocycles. The Balaban J connectivity index is 1.68. The van der Waals surface area contributed by atoms with E-state index in [0.29, 0.717) is 13.0 Å². The quantitative estimate of drug-likeness (QED) is 0.666. The molecule has 1 aliphatic carbocycles. The molecule has 8 heteroatoms. The van der Waals surface area contributed by atoms with Gasteiger partial charge in [0.25, 0.3) is 5.69 Å². The minimum absolute atomic E-state index is 0.0492. The second-order valence-corrected chi connectivity index (χ2v) is 6.72. The van der Waals surface area contributed by atoms with Gasteiger partial charge in [-0.2, -0.15) is 0 Å². The SMILES string of the molecule is Cc1nc(NC(=O)C2CCCN2C(=O)C2CCCC2)ccc1[N+](=O)[O-]. The van der Waals surface area contributed by atoms with E-state index in [1.807, 2.05) is 0 Å². The predicted octanol–water partition coefficient (Wildman–Crippen LogP) is 2.42. The largest absolute Gasteiger partial charge is 0.330 e. The van der Waals surface area contributed by atoms with Crippen molar-refractivity contribution in [1.29, 1.82) is 0 Å². The number of amides is 2. The lowest BCUT2D eigenvalue weighted by Gasteiger charge is -2.26. The van der Waals surface area contributed by atoms with E-state index >= 15 is 0 Å². The molecule has 2 heterocycles. The maximum Gasteiger partial charge on any atom is 0.290 e. The van der Waals surface area contributed by atoms with Gasteiger partial charge in [-0.25, -0.2) is 4.98 Å². The van der Waals surface area contributed by atoms with Crippen molar-refractivity contribution in [3.8, 4) is 0 Å². The van der Waals surface area contributed by atoms with Crippen LogP contribution < -0.4 is 5.32 Å². The second-order valence-electron chi connectivity index (χ2n) is 6.72. The molecule has 0 radical (unpaired) electrons. The van der Waals surface area contributed by atoms with E-state index < -0.39 is 11.0 Å². The zero-order valence-electron chi connectivity index (χ0n) is 14.2. The van der Waals surface area contributed by atoms with Crippen LogP contribution in [0.2, 0.25) is 0 Å². The van der Waals surface area contributed by atoms with Gasteiger partial charge in [-0.15, -0.1) is 0 Å². The molecular formula is C17H22N4O4. The van der Waals surface area contributed by atoms with Crippen LogP contribution in [0, 0.1) is 23.0 Å². The molecule has 1 aromatic heterocycles. The van der Waals surface area contributed by atoms with Crippen LogP contribution in [0.5, 0.6) is 0 Å². The van der Waals surface area contributed by atoms with Crippen molar-refractivity contribution in [2.45, 2.75) is 51.5 Å². The van der Waals surface area contributed by atoms with Crippen molar-refractivity contribution >= 4 is 23.3 Å². The Morgan fingerprint density at radius 1 is 1.24 bits per heavy atom.